The number of fused-ring (bicyclic) bond motifs is 2. The highest BCUT2D eigenvalue weighted by molar-refractivity contribution is 6.05. The van der Waals surface area contributed by atoms with Gasteiger partial charge in [0.25, 0.3) is 0 Å². The summed E-state index contributed by atoms with van der Waals surface area (Å²) in [5.41, 5.74) is 12.6. The number of hydrogen-bond donors (Lipinski definition) is 0. The first-order chi connectivity index (χ1) is 20.8. The van der Waals surface area contributed by atoms with Gasteiger partial charge < -0.3 is 14.2 Å². The molecule has 4 nitrogen and oxygen atoms in total. The van der Waals surface area contributed by atoms with Gasteiger partial charge >= 0.3 is 0 Å². The van der Waals surface area contributed by atoms with Crippen molar-refractivity contribution < 1.29 is 4.42 Å². The van der Waals surface area contributed by atoms with E-state index < -0.39 is 0 Å². The van der Waals surface area contributed by atoms with Crippen molar-refractivity contribution in [3.05, 3.63) is 64.0 Å². The quantitative estimate of drug-likeness (QED) is 0.116. The van der Waals surface area contributed by atoms with Gasteiger partial charge in [-0.2, -0.15) is 0 Å². The lowest BCUT2D eigenvalue weighted by Crippen LogP contribution is -2.31. The fraction of sp³-hybridized carbons (Fsp3) is 0.513. The molecule has 43 heavy (non-hydrogen) atoms. The molecule has 0 aromatic heterocycles. The smallest absolute Gasteiger partial charge is 0.206 e. The summed E-state index contributed by atoms with van der Waals surface area (Å²) in [4.78, 5) is 5.04. The number of rotatable bonds is 13. The van der Waals surface area contributed by atoms with Crippen molar-refractivity contribution in [3.8, 4) is 22.5 Å². The third-order valence-corrected chi connectivity index (χ3v) is 9.40. The van der Waals surface area contributed by atoms with Crippen LogP contribution in [-0.4, -0.2) is 39.3 Å². The lowest BCUT2D eigenvalue weighted by Gasteiger charge is -2.28. The summed E-state index contributed by atoms with van der Waals surface area (Å²) in [6.45, 7) is 28.7. The summed E-state index contributed by atoms with van der Waals surface area (Å²) in [5.74, 6) is 1.00. The van der Waals surface area contributed by atoms with E-state index >= 15 is 0 Å². The molecule has 1 aliphatic carbocycles. The molecule has 232 valence electrons. The molecule has 0 saturated carbocycles. The van der Waals surface area contributed by atoms with E-state index in [0.29, 0.717) is 0 Å². The van der Waals surface area contributed by atoms with Gasteiger partial charge in [0.2, 0.25) is 5.36 Å². The van der Waals surface area contributed by atoms with Crippen molar-refractivity contribution >= 4 is 22.3 Å². The first-order valence-corrected chi connectivity index (χ1v) is 16.9. The van der Waals surface area contributed by atoms with Crippen LogP contribution >= 0.6 is 0 Å². The molecular weight excluding hydrogens is 526 g/mol. The third kappa shape index (κ3) is 6.35. The topological polar surface area (TPSA) is 22.6 Å². The molecule has 0 fully saturated rings. The predicted octanol–water partition coefficient (Wildman–Crippen LogP) is 9.50. The summed E-state index contributed by atoms with van der Waals surface area (Å²) in [6.07, 6.45) is 4.88. The van der Waals surface area contributed by atoms with E-state index in [0.717, 1.165) is 50.6 Å². The molecule has 4 heteroatoms. The Labute approximate surface area is 261 Å². The molecule has 0 amide bonds. The van der Waals surface area contributed by atoms with Gasteiger partial charge in [0, 0.05) is 65.7 Å². The van der Waals surface area contributed by atoms with E-state index in [1.165, 1.54) is 86.7 Å². The van der Waals surface area contributed by atoms with Crippen LogP contribution in [0.25, 0.3) is 33.4 Å². The van der Waals surface area contributed by atoms with Gasteiger partial charge in [0.1, 0.15) is 24.4 Å². The van der Waals surface area contributed by atoms with E-state index in [4.69, 9.17) is 4.42 Å². The van der Waals surface area contributed by atoms with E-state index in [1.807, 2.05) is 0 Å². The van der Waals surface area contributed by atoms with Crippen LogP contribution in [0.2, 0.25) is 0 Å². The second-order valence-electron chi connectivity index (χ2n) is 12.1. The fourth-order valence-electron chi connectivity index (χ4n) is 6.94. The molecule has 2 aromatic carbocycles. The molecule has 0 saturated heterocycles. The van der Waals surface area contributed by atoms with Crippen LogP contribution in [0.15, 0.2) is 40.8 Å². The molecule has 1 heterocycles. The Morgan fingerprint density at radius 3 is 1.81 bits per heavy atom. The van der Waals surface area contributed by atoms with E-state index in [2.05, 4.69) is 120 Å². The standard InChI is InChI=1S/C39H56N3O/c1-11-17-23-42(24-18-12-2)31-25-27(7)36(28(8)26-31)37-32-19-21-34(40(13-3)14-4)29(9)38(32)43-39-30(10)35(22-20-33(37)39)41(15-5)16-6/h19-22,25-26H,11-18,23-24H2,1-10H3/q+1. The molecule has 0 radical (unpaired) electrons. The highest BCUT2D eigenvalue weighted by Crippen LogP contribution is 2.46. The molecule has 0 spiro atoms. The molecule has 4 rings (SSSR count). The van der Waals surface area contributed by atoms with Crippen molar-refractivity contribution in [1.29, 1.82) is 0 Å². The van der Waals surface area contributed by atoms with Gasteiger partial charge in [-0.25, -0.2) is 4.58 Å². The number of hydrogen-bond acceptors (Lipinski definition) is 3. The van der Waals surface area contributed by atoms with Gasteiger partial charge in [0.15, 0.2) is 0 Å². The van der Waals surface area contributed by atoms with Crippen LogP contribution in [-0.2, 0) is 0 Å². The van der Waals surface area contributed by atoms with E-state index in [1.54, 1.807) is 0 Å². The Hall–Kier alpha value is -3.27. The summed E-state index contributed by atoms with van der Waals surface area (Å²) < 4.78 is 9.43. The molecule has 0 N–H and O–H groups in total. The van der Waals surface area contributed by atoms with E-state index in [-0.39, 0.29) is 0 Å². The molecule has 1 aliphatic heterocycles. The molecule has 0 atom stereocenters. The molecular formula is C39H56N3O+. The van der Waals surface area contributed by atoms with Crippen LogP contribution in [0.5, 0.6) is 0 Å². The summed E-state index contributed by atoms with van der Waals surface area (Å²) in [5, 5.41) is 2.46. The maximum atomic E-state index is 7.00. The van der Waals surface area contributed by atoms with Crippen LogP contribution < -0.4 is 19.7 Å². The Kier molecular flexibility index (Phi) is 11.0. The van der Waals surface area contributed by atoms with Gasteiger partial charge in [0.05, 0.1) is 5.56 Å². The zero-order chi connectivity index (χ0) is 31.3. The number of unbranched alkanes of at least 4 members (excludes halogenated alkanes) is 2. The third-order valence-electron chi connectivity index (χ3n) is 9.40. The molecule has 2 aliphatic rings. The SMILES string of the molecule is CCCCN(CCCC)c1cc(C)c(-c2c3ccc(=[N+](CC)CC)c(C)c-3oc3c(C)c(N(CC)CC)ccc23)c(C)c1. The molecule has 0 unspecified atom stereocenters. The lowest BCUT2D eigenvalue weighted by molar-refractivity contribution is 0.596. The second kappa shape index (κ2) is 14.5. The zero-order valence-electron chi connectivity index (χ0n) is 28.8. The first-order valence-electron chi connectivity index (χ1n) is 16.9. The highest BCUT2D eigenvalue weighted by atomic mass is 16.3. The predicted molar refractivity (Wildman–Crippen MR) is 189 cm³/mol. The average Bonchev–Trinajstić information content (AvgIpc) is 3.00. The van der Waals surface area contributed by atoms with Crippen LogP contribution in [0.1, 0.15) is 89.5 Å². The Morgan fingerprint density at radius 2 is 1.28 bits per heavy atom. The number of aryl methyl sites for hydroxylation is 3. The van der Waals surface area contributed by atoms with Crippen molar-refractivity contribution in [2.45, 2.75) is 94.9 Å². The normalized spacial score (nSPS) is 11.5. The van der Waals surface area contributed by atoms with Crippen molar-refractivity contribution in [1.82, 2.24) is 4.58 Å². The largest absolute Gasteiger partial charge is 0.455 e. The summed E-state index contributed by atoms with van der Waals surface area (Å²) >= 11 is 0. The Balaban J connectivity index is 2.09. The summed E-state index contributed by atoms with van der Waals surface area (Å²) in [6, 6.07) is 14.1. The number of anilines is 2. The lowest BCUT2D eigenvalue weighted by atomic mass is 9.86. The van der Waals surface area contributed by atoms with Gasteiger partial charge in [-0.15, -0.1) is 0 Å². The Morgan fingerprint density at radius 1 is 0.674 bits per heavy atom. The van der Waals surface area contributed by atoms with Crippen molar-refractivity contribution in [3.63, 3.8) is 0 Å². The van der Waals surface area contributed by atoms with Crippen molar-refractivity contribution in [2.24, 2.45) is 0 Å². The maximum Gasteiger partial charge on any atom is 0.206 e. The summed E-state index contributed by atoms with van der Waals surface area (Å²) in [7, 11) is 0. The average molecular weight is 583 g/mol. The zero-order valence-corrected chi connectivity index (χ0v) is 28.8. The monoisotopic (exact) mass is 582 g/mol. The first kappa shape index (κ1) is 32.6. The Bertz CT molecular complexity index is 1550. The minimum absolute atomic E-state index is 0.973. The van der Waals surface area contributed by atoms with E-state index in [9.17, 15) is 0 Å². The fourth-order valence-corrected chi connectivity index (χ4v) is 6.94. The highest BCUT2D eigenvalue weighted by Gasteiger charge is 2.26. The van der Waals surface area contributed by atoms with Gasteiger partial charge in [-0.3, -0.25) is 0 Å². The van der Waals surface area contributed by atoms with Crippen LogP contribution in [0.3, 0.4) is 0 Å². The van der Waals surface area contributed by atoms with Gasteiger partial charge in [-0.05, 0) is 115 Å². The number of nitrogens with zero attached hydrogens (tertiary/aromatic N) is 3. The van der Waals surface area contributed by atoms with Crippen molar-refractivity contribution in [2.75, 3.05) is 49.1 Å². The molecule has 2 aromatic rings. The number of benzene rings is 3. The minimum Gasteiger partial charge on any atom is -0.455 e. The minimum atomic E-state index is 0.973. The molecule has 0 bridgehead atoms. The van der Waals surface area contributed by atoms with Crippen LogP contribution in [0.4, 0.5) is 11.4 Å². The maximum absolute atomic E-state index is 7.00. The van der Waals surface area contributed by atoms with Gasteiger partial charge in [-0.1, -0.05) is 26.7 Å². The second-order valence-corrected chi connectivity index (χ2v) is 12.1. The van der Waals surface area contributed by atoms with Crippen LogP contribution in [0, 0.1) is 27.7 Å².